The van der Waals surface area contributed by atoms with Gasteiger partial charge in [0.05, 0.1) is 39.9 Å². The van der Waals surface area contributed by atoms with E-state index in [1.165, 1.54) is 0 Å². The van der Waals surface area contributed by atoms with E-state index in [9.17, 15) is 13.2 Å². The summed E-state index contributed by atoms with van der Waals surface area (Å²) >= 11 is 0. The molecular formula is C24H23N5O3S. The van der Waals surface area contributed by atoms with Crippen molar-refractivity contribution in [1.82, 2.24) is 25.1 Å². The molecule has 1 saturated heterocycles. The largest absolute Gasteiger partial charge is 0.348 e. The SMILES string of the molecule is Cc1nn([C@@H]2CCS(=O)(=O)C2)c2nc(-c3ccccc3)cc(C(=O)NCc3cccnc3)c12. The molecule has 1 aromatic carbocycles. The first-order chi connectivity index (χ1) is 15.9. The van der Waals surface area contributed by atoms with Crippen LogP contribution in [0.2, 0.25) is 0 Å². The molecule has 1 aliphatic heterocycles. The van der Waals surface area contributed by atoms with Gasteiger partial charge >= 0.3 is 0 Å². The molecular weight excluding hydrogens is 438 g/mol. The first kappa shape index (κ1) is 21.3. The Morgan fingerprint density at radius 3 is 2.70 bits per heavy atom. The molecule has 168 valence electrons. The summed E-state index contributed by atoms with van der Waals surface area (Å²) in [5, 5.41) is 8.24. The highest BCUT2D eigenvalue weighted by atomic mass is 32.2. The maximum absolute atomic E-state index is 13.3. The molecule has 8 nitrogen and oxygen atoms in total. The van der Waals surface area contributed by atoms with E-state index in [2.05, 4.69) is 15.4 Å². The number of aromatic nitrogens is 4. The Hall–Kier alpha value is -3.59. The van der Waals surface area contributed by atoms with Crippen LogP contribution < -0.4 is 5.32 Å². The van der Waals surface area contributed by atoms with Crippen LogP contribution in [0.5, 0.6) is 0 Å². The van der Waals surface area contributed by atoms with Crippen molar-refractivity contribution in [1.29, 1.82) is 0 Å². The second kappa shape index (κ2) is 8.40. The number of nitrogens with zero attached hydrogens (tertiary/aromatic N) is 4. The number of carbonyl (C=O) groups is 1. The molecule has 0 saturated carbocycles. The molecule has 0 radical (unpaired) electrons. The maximum Gasteiger partial charge on any atom is 0.252 e. The number of sulfone groups is 1. The van der Waals surface area contributed by atoms with E-state index >= 15 is 0 Å². The van der Waals surface area contributed by atoms with Crippen molar-refractivity contribution in [3.63, 3.8) is 0 Å². The molecule has 4 heterocycles. The van der Waals surface area contributed by atoms with E-state index in [1.807, 2.05) is 49.4 Å². The van der Waals surface area contributed by atoms with Gasteiger partial charge in [0.25, 0.3) is 5.91 Å². The van der Waals surface area contributed by atoms with Crippen molar-refractivity contribution in [2.45, 2.75) is 25.9 Å². The zero-order valence-electron chi connectivity index (χ0n) is 18.1. The lowest BCUT2D eigenvalue weighted by atomic mass is 10.0. The Balaban J connectivity index is 1.61. The summed E-state index contributed by atoms with van der Waals surface area (Å²) < 4.78 is 25.9. The number of hydrogen-bond acceptors (Lipinski definition) is 6. The van der Waals surface area contributed by atoms with E-state index in [-0.39, 0.29) is 23.5 Å². The third-order valence-corrected chi connectivity index (χ3v) is 7.63. The highest BCUT2D eigenvalue weighted by Gasteiger charge is 2.32. The average molecular weight is 462 g/mol. The zero-order chi connectivity index (χ0) is 23.0. The number of amides is 1. The van der Waals surface area contributed by atoms with Crippen molar-refractivity contribution in [2.75, 3.05) is 11.5 Å². The molecule has 1 atom stereocenters. The van der Waals surface area contributed by atoms with Gasteiger partial charge in [0.2, 0.25) is 0 Å². The normalized spacial score (nSPS) is 17.3. The van der Waals surface area contributed by atoms with Gasteiger partial charge < -0.3 is 5.32 Å². The van der Waals surface area contributed by atoms with E-state index in [1.54, 1.807) is 23.1 Å². The van der Waals surface area contributed by atoms with E-state index in [0.717, 1.165) is 11.1 Å². The van der Waals surface area contributed by atoms with Gasteiger partial charge in [0, 0.05) is 24.5 Å². The molecule has 1 N–H and O–H groups in total. The number of aryl methyl sites for hydroxylation is 1. The standard InChI is InChI=1S/C24H23N5O3S/c1-16-22-20(24(30)26-14-17-6-5-10-25-13-17)12-21(18-7-3-2-4-8-18)27-23(22)29(28-16)19-9-11-33(31,32)15-19/h2-8,10,12-13,19H,9,11,14-15H2,1H3,(H,26,30)/t19-/m1/s1. The fourth-order valence-corrected chi connectivity index (χ4v) is 5.94. The second-order valence-electron chi connectivity index (χ2n) is 8.25. The summed E-state index contributed by atoms with van der Waals surface area (Å²) in [6, 6.07) is 14.8. The van der Waals surface area contributed by atoms with Gasteiger partial charge in [0.1, 0.15) is 0 Å². The van der Waals surface area contributed by atoms with Crippen LogP contribution in [0.25, 0.3) is 22.3 Å². The third-order valence-electron chi connectivity index (χ3n) is 5.88. The molecule has 3 aromatic heterocycles. The average Bonchev–Trinajstić information content (AvgIpc) is 3.36. The van der Waals surface area contributed by atoms with Crippen LogP contribution in [0.4, 0.5) is 0 Å². The van der Waals surface area contributed by atoms with Gasteiger partial charge in [-0.2, -0.15) is 5.10 Å². The molecule has 0 unspecified atom stereocenters. The quantitative estimate of drug-likeness (QED) is 0.489. The van der Waals surface area contributed by atoms with E-state index in [4.69, 9.17) is 4.98 Å². The van der Waals surface area contributed by atoms with E-state index in [0.29, 0.717) is 41.0 Å². The maximum atomic E-state index is 13.3. The van der Waals surface area contributed by atoms with Crippen molar-refractivity contribution in [3.8, 4) is 11.3 Å². The van der Waals surface area contributed by atoms with Crippen LogP contribution in [0, 0.1) is 6.92 Å². The lowest BCUT2D eigenvalue weighted by Gasteiger charge is -2.12. The number of carbonyl (C=O) groups excluding carboxylic acids is 1. The first-order valence-corrected chi connectivity index (χ1v) is 12.6. The molecule has 4 aromatic rings. The minimum absolute atomic E-state index is 0.0308. The van der Waals surface area contributed by atoms with Crippen LogP contribution in [0.3, 0.4) is 0 Å². The number of hydrogen-bond donors (Lipinski definition) is 1. The minimum Gasteiger partial charge on any atom is -0.348 e. The summed E-state index contributed by atoms with van der Waals surface area (Å²) in [5.74, 6) is -0.0807. The third kappa shape index (κ3) is 4.23. The van der Waals surface area contributed by atoms with Crippen molar-refractivity contribution >= 4 is 26.8 Å². The monoisotopic (exact) mass is 461 g/mol. The highest BCUT2D eigenvalue weighted by molar-refractivity contribution is 7.91. The lowest BCUT2D eigenvalue weighted by molar-refractivity contribution is 0.0952. The van der Waals surface area contributed by atoms with E-state index < -0.39 is 9.84 Å². The van der Waals surface area contributed by atoms with Gasteiger partial charge in [-0.3, -0.25) is 9.78 Å². The Kier molecular flexibility index (Phi) is 5.41. The smallest absolute Gasteiger partial charge is 0.252 e. The van der Waals surface area contributed by atoms with Gasteiger partial charge in [-0.05, 0) is 31.0 Å². The van der Waals surface area contributed by atoms with Gasteiger partial charge in [-0.25, -0.2) is 18.1 Å². The van der Waals surface area contributed by atoms with Gasteiger partial charge in [-0.1, -0.05) is 36.4 Å². The molecule has 9 heteroatoms. The summed E-state index contributed by atoms with van der Waals surface area (Å²) in [6.45, 7) is 2.16. The number of rotatable bonds is 5. The molecule has 1 amide bonds. The summed E-state index contributed by atoms with van der Waals surface area (Å²) in [7, 11) is -3.10. The number of benzene rings is 1. The molecule has 0 bridgehead atoms. The van der Waals surface area contributed by atoms with Crippen LogP contribution >= 0.6 is 0 Å². The molecule has 1 aliphatic rings. The number of nitrogens with one attached hydrogen (secondary N) is 1. The van der Waals surface area contributed by atoms with Gasteiger partial charge in [0.15, 0.2) is 15.5 Å². The Bertz CT molecular complexity index is 1430. The van der Waals surface area contributed by atoms with Crippen LogP contribution in [-0.2, 0) is 16.4 Å². The minimum atomic E-state index is -3.10. The van der Waals surface area contributed by atoms with Crippen LogP contribution in [0.1, 0.15) is 34.1 Å². The zero-order valence-corrected chi connectivity index (χ0v) is 18.9. The first-order valence-electron chi connectivity index (χ1n) is 10.7. The fraction of sp³-hybridized carbons (Fsp3) is 0.250. The molecule has 33 heavy (non-hydrogen) atoms. The fourth-order valence-electron chi connectivity index (χ4n) is 4.25. The highest BCUT2D eigenvalue weighted by Crippen LogP contribution is 2.32. The Morgan fingerprint density at radius 1 is 1.18 bits per heavy atom. The summed E-state index contributed by atoms with van der Waals surface area (Å²) in [5.41, 5.74) is 4.03. The topological polar surface area (TPSA) is 107 Å². The molecule has 5 rings (SSSR count). The summed E-state index contributed by atoms with van der Waals surface area (Å²) in [4.78, 5) is 22.2. The summed E-state index contributed by atoms with van der Waals surface area (Å²) in [6.07, 6.45) is 3.88. The van der Waals surface area contributed by atoms with Crippen molar-refractivity contribution in [3.05, 3.63) is 77.7 Å². The predicted molar refractivity (Wildman–Crippen MR) is 125 cm³/mol. The van der Waals surface area contributed by atoms with Crippen LogP contribution in [-0.4, -0.2) is 45.6 Å². The predicted octanol–water partition coefficient (Wildman–Crippen LogP) is 3.09. The molecule has 1 fully saturated rings. The Labute approximate surface area is 191 Å². The van der Waals surface area contributed by atoms with Crippen LogP contribution in [0.15, 0.2) is 60.9 Å². The van der Waals surface area contributed by atoms with Crippen molar-refractivity contribution < 1.29 is 13.2 Å². The Morgan fingerprint density at radius 2 is 2.00 bits per heavy atom. The molecule has 0 spiro atoms. The second-order valence-corrected chi connectivity index (χ2v) is 10.5. The molecule has 0 aliphatic carbocycles. The number of fused-ring (bicyclic) bond motifs is 1. The number of pyridine rings is 2. The lowest BCUT2D eigenvalue weighted by Crippen LogP contribution is -2.23. The van der Waals surface area contributed by atoms with Crippen molar-refractivity contribution in [2.24, 2.45) is 0 Å². The van der Waals surface area contributed by atoms with Gasteiger partial charge in [-0.15, -0.1) is 0 Å².